The van der Waals surface area contributed by atoms with Crippen molar-refractivity contribution in [3.05, 3.63) is 60.1 Å². The minimum Gasteiger partial charge on any atom is -0.459 e. The van der Waals surface area contributed by atoms with Crippen LogP contribution in [0, 0.1) is 0 Å². The van der Waals surface area contributed by atoms with E-state index < -0.39 is 0 Å². The third-order valence-electron chi connectivity index (χ3n) is 4.77. The Kier molecular flexibility index (Phi) is 6.84. The molecule has 3 amide bonds. The highest BCUT2D eigenvalue weighted by Gasteiger charge is 2.26. The summed E-state index contributed by atoms with van der Waals surface area (Å²) >= 11 is 0. The average Bonchev–Trinajstić information content (AvgIpc) is 3.26. The lowest BCUT2D eigenvalue weighted by Gasteiger charge is -2.34. The molecule has 0 radical (unpaired) electrons. The number of benzene rings is 1. The van der Waals surface area contributed by atoms with Crippen molar-refractivity contribution in [3.8, 4) is 0 Å². The van der Waals surface area contributed by atoms with Crippen LogP contribution in [-0.2, 0) is 16.0 Å². The first kappa shape index (κ1) is 19.7. The largest absolute Gasteiger partial charge is 0.459 e. The van der Waals surface area contributed by atoms with Crippen LogP contribution in [0.1, 0.15) is 29.0 Å². The zero-order valence-electron chi connectivity index (χ0n) is 15.8. The molecule has 3 rings (SSSR count). The predicted molar refractivity (Wildman–Crippen MR) is 104 cm³/mol. The van der Waals surface area contributed by atoms with Crippen LogP contribution < -0.4 is 5.32 Å². The molecule has 7 nitrogen and oxygen atoms in total. The van der Waals surface area contributed by atoms with Gasteiger partial charge in [-0.3, -0.25) is 14.4 Å². The van der Waals surface area contributed by atoms with E-state index in [0.717, 1.165) is 12.8 Å². The Morgan fingerprint density at radius 1 is 0.929 bits per heavy atom. The molecule has 1 aromatic carbocycles. The third kappa shape index (κ3) is 5.45. The summed E-state index contributed by atoms with van der Waals surface area (Å²) in [6, 6.07) is 13.4. The number of piperazine rings is 1. The van der Waals surface area contributed by atoms with Crippen molar-refractivity contribution in [2.75, 3.05) is 32.7 Å². The molecule has 2 aromatic rings. The lowest BCUT2D eigenvalue weighted by atomic mass is 10.1. The number of nitrogens with zero attached hydrogens (tertiary/aromatic N) is 2. The maximum absolute atomic E-state index is 12.3. The number of nitrogens with one attached hydrogen (secondary N) is 1. The van der Waals surface area contributed by atoms with Gasteiger partial charge in [-0.25, -0.2) is 0 Å². The molecule has 0 aliphatic carbocycles. The lowest BCUT2D eigenvalue weighted by Crippen LogP contribution is -2.51. The number of rotatable bonds is 7. The monoisotopic (exact) mass is 383 g/mol. The van der Waals surface area contributed by atoms with Crippen molar-refractivity contribution >= 4 is 17.7 Å². The SMILES string of the molecule is O=C(CC(=O)N1CCN(C(=O)c2ccco2)CC1)NCCCc1ccccc1. The molecular formula is C21H25N3O4. The first-order valence-corrected chi connectivity index (χ1v) is 9.54. The van der Waals surface area contributed by atoms with Gasteiger partial charge in [0.15, 0.2) is 5.76 Å². The van der Waals surface area contributed by atoms with E-state index in [4.69, 9.17) is 4.42 Å². The molecule has 7 heteroatoms. The Bertz CT molecular complexity index is 781. The summed E-state index contributed by atoms with van der Waals surface area (Å²) in [6.07, 6.45) is 3.03. The molecule has 0 atom stereocenters. The summed E-state index contributed by atoms with van der Waals surface area (Å²) in [5.41, 5.74) is 1.23. The first-order valence-electron chi connectivity index (χ1n) is 9.54. The smallest absolute Gasteiger partial charge is 0.289 e. The van der Waals surface area contributed by atoms with E-state index in [9.17, 15) is 14.4 Å². The summed E-state index contributed by atoms with van der Waals surface area (Å²) in [6.45, 7) is 2.26. The molecular weight excluding hydrogens is 358 g/mol. The molecule has 0 saturated carbocycles. The van der Waals surface area contributed by atoms with E-state index >= 15 is 0 Å². The van der Waals surface area contributed by atoms with Gasteiger partial charge < -0.3 is 19.5 Å². The number of hydrogen-bond acceptors (Lipinski definition) is 4. The minimum absolute atomic E-state index is 0.155. The maximum Gasteiger partial charge on any atom is 0.289 e. The normalized spacial score (nSPS) is 14.0. The molecule has 1 fully saturated rings. The van der Waals surface area contributed by atoms with Gasteiger partial charge in [-0.1, -0.05) is 30.3 Å². The minimum atomic E-state index is -0.257. The summed E-state index contributed by atoms with van der Waals surface area (Å²) in [5, 5.41) is 2.81. The Hall–Kier alpha value is -3.09. The van der Waals surface area contributed by atoms with Gasteiger partial charge in [0.1, 0.15) is 6.42 Å². The van der Waals surface area contributed by atoms with Gasteiger partial charge in [0.25, 0.3) is 5.91 Å². The molecule has 148 valence electrons. The van der Waals surface area contributed by atoms with Crippen LogP contribution in [0.2, 0.25) is 0 Å². The second kappa shape index (κ2) is 9.73. The summed E-state index contributed by atoms with van der Waals surface area (Å²) in [4.78, 5) is 39.8. The van der Waals surface area contributed by atoms with Crippen LogP contribution in [0.3, 0.4) is 0 Å². The fourth-order valence-corrected chi connectivity index (χ4v) is 3.19. The van der Waals surface area contributed by atoms with Gasteiger partial charge in [-0.15, -0.1) is 0 Å². The van der Waals surface area contributed by atoms with Gasteiger partial charge in [-0.2, -0.15) is 0 Å². The molecule has 2 heterocycles. The van der Waals surface area contributed by atoms with Gasteiger partial charge in [0.05, 0.1) is 6.26 Å². The van der Waals surface area contributed by atoms with Gasteiger partial charge in [0, 0.05) is 32.7 Å². The van der Waals surface area contributed by atoms with Crippen molar-refractivity contribution < 1.29 is 18.8 Å². The first-order chi connectivity index (χ1) is 13.6. The highest BCUT2D eigenvalue weighted by Crippen LogP contribution is 2.10. The van der Waals surface area contributed by atoms with E-state index in [0.29, 0.717) is 38.5 Å². The van der Waals surface area contributed by atoms with E-state index in [1.54, 1.807) is 21.9 Å². The second-order valence-electron chi connectivity index (χ2n) is 6.77. The Balaban J connectivity index is 1.33. The number of furan rings is 1. The van der Waals surface area contributed by atoms with E-state index in [1.165, 1.54) is 11.8 Å². The van der Waals surface area contributed by atoms with Crippen LogP contribution in [0.5, 0.6) is 0 Å². The molecule has 1 N–H and O–H groups in total. The fourth-order valence-electron chi connectivity index (χ4n) is 3.19. The second-order valence-corrected chi connectivity index (χ2v) is 6.77. The van der Waals surface area contributed by atoms with Gasteiger partial charge in [-0.05, 0) is 30.5 Å². The zero-order chi connectivity index (χ0) is 19.8. The predicted octanol–water partition coefficient (Wildman–Crippen LogP) is 1.70. The molecule has 28 heavy (non-hydrogen) atoms. The summed E-state index contributed by atoms with van der Waals surface area (Å²) in [7, 11) is 0. The Morgan fingerprint density at radius 3 is 2.32 bits per heavy atom. The quantitative estimate of drug-likeness (QED) is 0.583. The Morgan fingerprint density at radius 2 is 1.64 bits per heavy atom. The number of carbonyl (C=O) groups excluding carboxylic acids is 3. The highest BCUT2D eigenvalue weighted by atomic mass is 16.3. The average molecular weight is 383 g/mol. The Labute approximate surface area is 164 Å². The maximum atomic E-state index is 12.3. The molecule has 0 spiro atoms. The molecule has 0 unspecified atom stereocenters. The van der Waals surface area contributed by atoms with Crippen LogP contribution in [0.4, 0.5) is 0 Å². The van der Waals surface area contributed by atoms with Crippen LogP contribution >= 0.6 is 0 Å². The van der Waals surface area contributed by atoms with Gasteiger partial charge in [0.2, 0.25) is 11.8 Å². The molecule has 1 aliphatic heterocycles. The van der Waals surface area contributed by atoms with E-state index in [1.807, 2.05) is 18.2 Å². The number of aryl methyl sites for hydroxylation is 1. The number of hydrogen-bond donors (Lipinski definition) is 1. The molecule has 1 aromatic heterocycles. The van der Waals surface area contributed by atoms with Crippen LogP contribution in [0.15, 0.2) is 53.1 Å². The number of amides is 3. The molecule has 0 bridgehead atoms. The fraction of sp³-hybridized carbons (Fsp3) is 0.381. The van der Waals surface area contributed by atoms with Crippen molar-refractivity contribution in [1.29, 1.82) is 0 Å². The van der Waals surface area contributed by atoms with Crippen molar-refractivity contribution in [2.45, 2.75) is 19.3 Å². The van der Waals surface area contributed by atoms with E-state index in [2.05, 4.69) is 17.4 Å². The van der Waals surface area contributed by atoms with Gasteiger partial charge >= 0.3 is 0 Å². The van der Waals surface area contributed by atoms with Crippen LogP contribution in [0.25, 0.3) is 0 Å². The van der Waals surface area contributed by atoms with Crippen molar-refractivity contribution in [1.82, 2.24) is 15.1 Å². The number of carbonyl (C=O) groups is 3. The zero-order valence-corrected chi connectivity index (χ0v) is 15.8. The third-order valence-corrected chi connectivity index (χ3v) is 4.77. The standard InChI is InChI=1S/C21H25N3O4/c25-19(22-10-4-8-17-6-2-1-3-7-17)16-20(26)23-11-13-24(14-12-23)21(27)18-9-5-15-28-18/h1-3,5-7,9,15H,4,8,10-14,16H2,(H,22,25). The summed E-state index contributed by atoms with van der Waals surface area (Å²) in [5.74, 6) is -0.333. The summed E-state index contributed by atoms with van der Waals surface area (Å²) < 4.78 is 5.13. The van der Waals surface area contributed by atoms with Crippen molar-refractivity contribution in [3.63, 3.8) is 0 Å². The highest BCUT2D eigenvalue weighted by molar-refractivity contribution is 5.97. The van der Waals surface area contributed by atoms with Crippen molar-refractivity contribution in [2.24, 2.45) is 0 Å². The topological polar surface area (TPSA) is 82.9 Å². The molecule has 1 saturated heterocycles. The van der Waals surface area contributed by atoms with Crippen LogP contribution in [-0.4, -0.2) is 60.2 Å². The lowest BCUT2D eigenvalue weighted by molar-refractivity contribution is -0.137. The van der Waals surface area contributed by atoms with E-state index in [-0.39, 0.29) is 24.1 Å². The molecule has 1 aliphatic rings.